The van der Waals surface area contributed by atoms with Crippen molar-refractivity contribution in [1.29, 1.82) is 0 Å². The third kappa shape index (κ3) is 3.17. The van der Waals surface area contributed by atoms with Crippen molar-refractivity contribution < 1.29 is 9.72 Å². The van der Waals surface area contributed by atoms with Gasteiger partial charge in [-0.05, 0) is 36.2 Å². The highest BCUT2D eigenvalue weighted by Gasteiger charge is 2.37. The molecule has 1 aliphatic heterocycles. The van der Waals surface area contributed by atoms with Gasteiger partial charge in [-0.15, -0.1) is 11.3 Å². The van der Waals surface area contributed by atoms with Gasteiger partial charge < -0.3 is 10.6 Å². The molecule has 2 heterocycles. The van der Waals surface area contributed by atoms with Gasteiger partial charge in [-0.2, -0.15) is 0 Å². The number of nitro benzene ring substituents is 1. The Balaban J connectivity index is 1.63. The van der Waals surface area contributed by atoms with Crippen molar-refractivity contribution in [2.45, 2.75) is 52.6 Å². The minimum atomic E-state index is -0.456. The summed E-state index contributed by atoms with van der Waals surface area (Å²) >= 11 is 1.67. The number of rotatable bonds is 4. The SMILES string of the molecule is CCC(C)(C)[C@@H]1CCc2c(sc3c2C(=O)N[C@H](c2cccc([N+](=O)[O-])c2)N3)C1. The highest BCUT2D eigenvalue weighted by Crippen LogP contribution is 2.47. The molecule has 2 aromatic rings. The molecule has 2 N–H and O–H groups in total. The van der Waals surface area contributed by atoms with E-state index in [1.54, 1.807) is 23.5 Å². The number of nitrogens with zero attached hydrogens (tertiary/aromatic N) is 1. The summed E-state index contributed by atoms with van der Waals surface area (Å²) in [6, 6.07) is 6.41. The first-order chi connectivity index (χ1) is 13.3. The molecule has 2 aliphatic rings. The van der Waals surface area contributed by atoms with E-state index in [0.29, 0.717) is 16.9 Å². The topological polar surface area (TPSA) is 84.3 Å². The van der Waals surface area contributed by atoms with Gasteiger partial charge in [0.05, 0.1) is 10.5 Å². The molecule has 1 aromatic heterocycles. The number of carbonyl (C=O) groups is 1. The van der Waals surface area contributed by atoms with Crippen molar-refractivity contribution in [2.24, 2.45) is 11.3 Å². The van der Waals surface area contributed by atoms with Gasteiger partial charge in [-0.1, -0.05) is 39.3 Å². The quantitative estimate of drug-likeness (QED) is 0.556. The largest absolute Gasteiger partial charge is 0.353 e. The van der Waals surface area contributed by atoms with Crippen LogP contribution in [0.3, 0.4) is 0 Å². The number of thiophene rings is 1. The average molecular weight is 400 g/mol. The monoisotopic (exact) mass is 399 g/mol. The number of benzene rings is 1. The Morgan fingerprint density at radius 1 is 1.32 bits per heavy atom. The molecule has 6 nitrogen and oxygen atoms in total. The lowest BCUT2D eigenvalue weighted by Crippen LogP contribution is -2.38. The standard InChI is InChI=1S/C21H25N3O3S/c1-4-21(2,3)13-8-9-15-16(11-13)28-20-17(15)19(25)22-18(23-20)12-6-5-7-14(10-12)24(26)27/h5-7,10,13,18,23H,4,8-9,11H2,1-3H3,(H,22,25)/t13-,18+/m1/s1. The summed E-state index contributed by atoms with van der Waals surface area (Å²) in [5.41, 5.74) is 2.96. The van der Waals surface area contributed by atoms with E-state index in [2.05, 4.69) is 31.4 Å². The zero-order chi connectivity index (χ0) is 20.1. The van der Waals surface area contributed by atoms with Crippen molar-refractivity contribution in [3.8, 4) is 0 Å². The van der Waals surface area contributed by atoms with E-state index >= 15 is 0 Å². The maximum absolute atomic E-state index is 12.9. The van der Waals surface area contributed by atoms with E-state index in [1.165, 1.54) is 22.6 Å². The summed E-state index contributed by atoms with van der Waals surface area (Å²) in [5, 5.41) is 18.3. The van der Waals surface area contributed by atoms with Gasteiger partial charge in [0.15, 0.2) is 0 Å². The fraction of sp³-hybridized carbons (Fsp3) is 0.476. The molecule has 0 saturated heterocycles. The van der Waals surface area contributed by atoms with E-state index in [0.717, 1.165) is 36.2 Å². The molecule has 7 heteroatoms. The Kier molecular flexibility index (Phi) is 4.65. The number of hydrogen-bond donors (Lipinski definition) is 2. The summed E-state index contributed by atoms with van der Waals surface area (Å²) in [6.07, 6.45) is 3.75. The normalized spacial score (nSPS) is 21.3. The van der Waals surface area contributed by atoms with Crippen LogP contribution < -0.4 is 10.6 Å². The van der Waals surface area contributed by atoms with Crippen LogP contribution in [-0.2, 0) is 12.8 Å². The van der Waals surface area contributed by atoms with E-state index < -0.39 is 11.1 Å². The maximum Gasteiger partial charge on any atom is 0.269 e. The second kappa shape index (κ2) is 6.88. The minimum absolute atomic E-state index is 0.0226. The van der Waals surface area contributed by atoms with Gasteiger partial charge >= 0.3 is 0 Å². The molecule has 1 amide bonds. The second-order valence-electron chi connectivity index (χ2n) is 8.39. The lowest BCUT2D eigenvalue weighted by atomic mass is 9.69. The first-order valence-corrected chi connectivity index (χ1v) is 10.6. The first kappa shape index (κ1) is 18.9. The molecule has 1 aromatic carbocycles. The highest BCUT2D eigenvalue weighted by molar-refractivity contribution is 7.16. The lowest BCUT2D eigenvalue weighted by molar-refractivity contribution is -0.384. The molecule has 2 atom stereocenters. The Labute approximate surface area is 168 Å². The summed E-state index contributed by atoms with van der Waals surface area (Å²) in [4.78, 5) is 24.8. The summed E-state index contributed by atoms with van der Waals surface area (Å²) in [7, 11) is 0. The first-order valence-electron chi connectivity index (χ1n) is 9.76. The number of carbonyl (C=O) groups excluding carboxylic acids is 1. The number of non-ortho nitro benzene ring substituents is 1. The summed E-state index contributed by atoms with van der Waals surface area (Å²) in [6.45, 7) is 6.91. The predicted molar refractivity (Wildman–Crippen MR) is 111 cm³/mol. The van der Waals surface area contributed by atoms with E-state index in [-0.39, 0.29) is 11.6 Å². The molecule has 4 rings (SSSR count). The average Bonchev–Trinajstić information content (AvgIpc) is 3.06. The van der Waals surface area contributed by atoms with Gasteiger partial charge in [-0.3, -0.25) is 14.9 Å². The van der Waals surface area contributed by atoms with Gasteiger partial charge in [-0.25, -0.2) is 0 Å². The van der Waals surface area contributed by atoms with Crippen LogP contribution in [0, 0.1) is 21.4 Å². The zero-order valence-electron chi connectivity index (χ0n) is 16.4. The van der Waals surface area contributed by atoms with Gasteiger partial charge in [0.25, 0.3) is 11.6 Å². The van der Waals surface area contributed by atoms with Crippen LogP contribution >= 0.6 is 11.3 Å². The predicted octanol–water partition coefficient (Wildman–Crippen LogP) is 5.05. The second-order valence-corrected chi connectivity index (χ2v) is 9.50. The number of nitro groups is 1. The van der Waals surface area contributed by atoms with Crippen LogP contribution in [0.4, 0.5) is 10.7 Å². The van der Waals surface area contributed by atoms with Crippen LogP contribution in [0.5, 0.6) is 0 Å². The zero-order valence-corrected chi connectivity index (χ0v) is 17.2. The molecule has 28 heavy (non-hydrogen) atoms. The Hall–Kier alpha value is -2.41. The molecule has 0 radical (unpaired) electrons. The van der Waals surface area contributed by atoms with E-state index in [4.69, 9.17) is 0 Å². The Bertz CT molecular complexity index is 950. The number of anilines is 1. The van der Waals surface area contributed by atoms with Gasteiger partial charge in [0.1, 0.15) is 11.2 Å². The van der Waals surface area contributed by atoms with Crippen LogP contribution in [0.2, 0.25) is 0 Å². The number of nitrogens with one attached hydrogen (secondary N) is 2. The third-order valence-electron chi connectivity index (χ3n) is 6.47. The van der Waals surface area contributed by atoms with Crippen molar-refractivity contribution in [1.82, 2.24) is 5.32 Å². The van der Waals surface area contributed by atoms with Crippen molar-refractivity contribution in [3.05, 3.63) is 55.9 Å². The smallest absolute Gasteiger partial charge is 0.269 e. The number of hydrogen-bond acceptors (Lipinski definition) is 5. The van der Waals surface area contributed by atoms with Crippen LogP contribution in [0.1, 0.15) is 66.1 Å². The fourth-order valence-corrected chi connectivity index (χ4v) is 5.59. The molecule has 0 unspecified atom stereocenters. The molecule has 0 saturated carbocycles. The number of fused-ring (bicyclic) bond motifs is 3. The maximum atomic E-state index is 12.9. The fourth-order valence-electron chi connectivity index (χ4n) is 4.24. The Morgan fingerprint density at radius 3 is 2.82 bits per heavy atom. The molecule has 0 spiro atoms. The van der Waals surface area contributed by atoms with Crippen molar-refractivity contribution in [3.63, 3.8) is 0 Å². The lowest BCUT2D eigenvalue weighted by Gasteiger charge is -2.36. The number of amides is 1. The molecule has 0 fully saturated rings. The van der Waals surface area contributed by atoms with Gasteiger partial charge in [0.2, 0.25) is 0 Å². The van der Waals surface area contributed by atoms with Crippen LogP contribution in [-0.4, -0.2) is 10.8 Å². The summed E-state index contributed by atoms with van der Waals surface area (Å²) in [5.74, 6) is 0.539. The highest BCUT2D eigenvalue weighted by atomic mass is 32.1. The molecule has 1 aliphatic carbocycles. The van der Waals surface area contributed by atoms with E-state index in [9.17, 15) is 14.9 Å². The molecular formula is C21H25N3O3S. The van der Waals surface area contributed by atoms with Crippen molar-refractivity contribution >= 4 is 27.9 Å². The molecular weight excluding hydrogens is 374 g/mol. The molecule has 148 valence electrons. The van der Waals surface area contributed by atoms with Crippen molar-refractivity contribution in [2.75, 3.05) is 5.32 Å². The van der Waals surface area contributed by atoms with Gasteiger partial charge in [0, 0.05) is 22.6 Å². The minimum Gasteiger partial charge on any atom is -0.353 e. The van der Waals surface area contributed by atoms with E-state index in [1.807, 2.05) is 0 Å². The third-order valence-corrected chi connectivity index (χ3v) is 7.66. The summed E-state index contributed by atoms with van der Waals surface area (Å²) < 4.78 is 0. The molecule has 0 bridgehead atoms. The Morgan fingerprint density at radius 2 is 2.11 bits per heavy atom. The van der Waals surface area contributed by atoms with Crippen LogP contribution in [0.25, 0.3) is 0 Å². The van der Waals surface area contributed by atoms with Crippen LogP contribution in [0.15, 0.2) is 24.3 Å².